The minimum Gasteiger partial charge on any atom is -0.338 e. The van der Waals surface area contributed by atoms with Gasteiger partial charge in [-0.3, -0.25) is 14.5 Å². The van der Waals surface area contributed by atoms with Gasteiger partial charge in [0.25, 0.3) is 5.56 Å². The lowest BCUT2D eigenvalue weighted by atomic mass is 9.98. The predicted molar refractivity (Wildman–Crippen MR) is 103 cm³/mol. The second kappa shape index (κ2) is 7.46. The monoisotopic (exact) mass is 351 g/mol. The molecule has 0 aliphatic carbocycles. The Bertz CT molecular complexity index is 900. The first-order chi connectivity index (χ1) is 12.7. The summed E-state index contributed by atoms with van der Waals surface area (Å²) in [4.78, 5) is 32.2. The van der Waals surface area contributed by atoms with Gasteiger partial charge in [-0.05, 0) is 36.4 Å². The first-order valence-corrected chi connectivity index (χ1v) is 9.50. The van der Waals surface area contributed by atoms with Gasteiger partial charge in [-0.1, -0.05) is 30.4 Å². The number of rotatable bonds is 4. The Balaban J connectivity index is 1.43. The van der Waals surface area contributed by atoms with Gasteiger partial charge in [0.2, 0.25) is 5.91 Å². The van der Waals surface area contributed by atoms with Crippen molar-refractivity contribution in [1.29, 1.82) is 0 Å². The largest absolute Gasteiger partial charge is 0.338 e. The molecule has 1 amide bonds. The Labute approximate surface area is 153 Å². The summed E-state index contributed by atoms with van der Waals surface area (Å²) in [6.45, 7) is 4.37. The van der Waals surface area contributed by atoms with Crippen molar-refractivity contribution in [2.75, 3.05) is 26.2 Å². The van der Waals surface area contributed by atoms with Crippen LogP contribution in [-0.4, -0.2) is 46.9 Å². The molecule has 2 aliphatic heterocycles. The second-order valence-electron chi connectivity index (χ2n) is 7.19. The fourth-order valence-electron chi connectivity index (χ4n) is 4.02. The van der Waals surface area contributed by atoms with Gasteiger partial charge in [0.1, 0.15) is 0 Å². The number of hydrogen-bond donors (Lipinski definition) is 1. The second-order valence-corrected chi connectivity index (χ2v) is 7.19. The third-order valence-corrected chi connectivity index (χ3v) is 5.47. The normalized spacial score (nSPS) is 17.5. The molecule has 4 rings (SSSR count). The molecule has 2 aromatic rings. The molecule has 136 valence electrons. The molecule has 1 aromatic heterocycles. The molecule has 1 aromatic carbocycles. The number of amides is 1. The van der Waals surface area contributed by atoms with Crippen molar-refractivity contribution in [3.8, 4) is 0 Å². The van der Waals surface area contributed by atoms with E-state index in [9.17, 15) is 9.59 Å². The van der Waals surface area contributed by atoms with Crippen molar-refractivity contribution < 1.29 is 4.79 Å². The zero-order valence-corrected chi connectivity index (χ0v) is 15.0. The summed E-state index contributed by atoms with van der Waals surface area (Å²) in [7, 11) is 0. The van der Waals surface area contributed by atoms with Crippen LogP contribution in [-0.2, 0) is 17.8 Å². The SMILES string of the molecule is O=C(CCCN1CC=CCC1)N1CCc2[nH]c(=O)c3ccccc3c2C1. The highest BCUT2D eigenvalue weighted by Gasteiger charge is 2.23. The smallest absolute Gasteiger partial charge is 0.256 e. The van der Waals surface area contributed by atoms with Crippen LogP contribution in [0.1, 0.15) is 30.5 Å². The lowest BCUT2D eigenvalue weighted by Crippen LogP contribution is -2.37. The van der Waals surface area contributed by atoms with Crippen LogP contribution in [0.4, 0.5) is 0 Å². The summed E-state index contributed by atoms with van der Waals surface area (Å²) in [6.07, 6.45) is 7.76. The van der Waals surface area contributed by atoms with Gasteiger partial charge in [0.05, 0.1) is 0 Å². The van der Waals surface area contributed by atoms with Gasteiger partial charge in [-0.15, -0.1) is 0 Å². The van der Waals surface area contributed by atoms with E-state index in [0.717, 1.165) is 55.5 Å². The van der Waals surface area contributed by atoms with E-state index in [1.165, 1.54) is 0 Å². The van der Waals surface area contributed by atoms with Crippen molar-refractivity contribution in [2.24, 2.45) is 0 Å². The number of hydrogen-bond acceptors (Lipinski definition) is 3. The Kier molecular flexibility index (Phi) is 4.89. The molecule has 0 saturated carbocycles. The number of aromatic amines is 1. The first-order valence-electron chi connectivity index (χ1n) is 9.50. The maximum atomic E-state index is 12.7. The van der Waals surface area contributed by atoms with E-state index in [1.54, 1.807) is 0 Å². The van der Waals surface area contributed by atoms with Crippen molar-refractivity contribution >= 4 is 16.7 Å². The number of carbonyl (C=O) groups is 1. The van der Waals surface area contributed by atoms with Crippen molar-refractivity contribution in [2.45, 2.75) is 32.2 Å². The molecule has 0 bridgehead atoms. The van der Waals surface area contributed by atoms with E-state index in [2.05, 4.69) is 22.0 Å². The van der Waals surface area contributed by atoms with Crippen LogP contribution >= 0.6 is 0 Å². The first kappa shape index (κ1) is 17.0. The maximum Gasteiger partial charge on any atom is 0.256 e. The lowest BCUT2D eigenvalue weighted by Gasteiger charge is -2.30. The van der Waals surface area contributed by atoms with Crippen molar-refractivity contribution in [3.63, 3.8) is 0 Å². The number of aromatic nitrogens is 1. The quantitative estimate of drug-likeness (QED) is 0.861. The highest BCUT2D eigenvalue weighted by Crippen LogP contribution is 2.24. The third-order valence-electron chi connectivity index (χ3n) is 5.47. The zero-order chi connectivity index (χ0) is 17.9. The number of carbonyl (C=O) groups excluding carboxylic acids is 1. The Morgan fingerprint density at radius 2 is 1.96 bits per heavy atom. The third kappa shape index (κ3) is 3.44. The molecule has 0 saturated heterocycles. The number of pyridine rings is 1. The Morgan fingerprint density at radius 3 is 2.77 bits per heavy atom. The number of fused-ring (bicyclic) bond motifs is 3. The summed E-state index contributed by atoms with van der Waals surface area (Å²) >= 11 is 0. The van der Waals surface area contributed by atoms with Crippen LogP contribution in [0.25, 0.3) is 10.8 Å². The van der Waals surface area contributed by atoms with E-state index in [1.807, 2.05) is 29.2 Å². The number of H-pyrrole nitrogens is 1. The summed E-state index contributed by atoms with van der Waals surface area (Å²) in [5.74, 6) is 0.221. The molecular formula is C21H25N3O2. The molecule has 0 unspecified atom stereocenters. The Hall–Kier alpha value is -2.40. The fourth-order valence-corrected chi connectivity index (χ4v) is 4.02. The number of nitrogens with zero attached hydrogens (tertiary/aromatic N) is 2. The molecule has 5 nitrogen and oxygen atoms in total. The van der Waals surface area contributed by atoms with Crippen LogP contribution in [0.15, 0.2) is 41.2 Å². The van der Waals surface area contributed by atoms with Gasteiger partial charge in [0, 0.05) is 50.1 Å². The van der Waals surface area contributed by atoms with Crippen LogP contribution in [0, 0.1) is 0 Å². The predicted octanol–water partition coefficient (Wildman–Crippen LogP) is 2.45. The van der Waals surface area contributed by atoms with Gasteiger partial charge < -0.3 is 9.88 Å². The lowest BCUT2D eigenvalue weighted by molar-refractivity contribution is -0.132. The molecule has 1 N–H and O–H groups in total. The molecular weight excluding hydrogens is 326 g/mol. The van der Waals surface area contributed by atoms with Gasteiger partial charge >= 0.3 is 0 Å². The van der Waals surface area contributed by atoms with Gasteiger partial charge in [-0.2, -0.15) is 0 Å². The number of benzene rings is 1. The number of nitrogens with one attached hydrogen (secondary N) is 1. The zero-order valence-electron chi connectivity index (χ0n) is 15.0. The minimum atomic E-state index is -0.0327. The summed E-state index contributed by atoms with van der Waals surface area (Å²) < 4.78 is 0. The molecule has 0 radical (unpaired) electrons. The van der Waals surface area contributed by atoms with Crippen LogP contribution in [0.5, 0.6) is 0 Å². The fraction of sp³-hybridized carbons (Fsp3) is 0.429. The Morgan fingerprint density at radius 1 is 1.12 bits per heavy atom. The molecule has 2 aliphatic rings. The highest BCUT2D eigenvalue weighted by atomic mass is 16.2. The average Bonchev–Trinajstić information content (AvgIpc) is 2.69. The van der Waals surface area contributed by atoms with E-state index in [-0.39, 0.29) is 11.5 Å². The standard InChI is InChI=1S/C21H25N3O2/c25-20(9-6-13-23-11-4-1-5-12-23)24-14-10-19-18(15-24)16-7-2-3-8-17(16)21(26)22-19/h1-4,7-8H,5-6,9-15H2,(H,22,26). The van der Waals surface area contributed by atoms with Gasteiger partial charge in [-0.25, -0.2) is 0 Å². The minimum absolute atomic E-state index is 0.0327. The van der Waals surface area contributed by atoms with E-state index >= 15 is 0 Å². The van der Waals surface area contributed by atoms with E-state index in [0.29, 0.717) is 24.9 Å². The van der Waals surface area contributed by atoms with E-state index in [4.69, 9.17) is 0 Å². The molecule has 0 atom stereocenters. The van der Waals surface area contributed by atoms with Gasteiger partial charge in [0.15, 0.2) is 0 Å². The van der Waals surface area contributed by atoms with E-state index < -0.39 is 0 Å². The average molecular weight is 351 g/mol. The highest BCUT2D eigenvalue weighted by molar-refractivity contribution is 5.86. The molecule has 26 heavy (non-hydrogen) atoms. The summed E-state index contributed by atoms with van der Waals surface area (Å²) in [5, 5.41) is 1.68. The molecule has 0 spiro atoms. The summed E-state index contributed by atoms with van der Waals surface area (Å²) in [5.41, 5.74) is 2.05. The molecule has 0 fully saturated rings. The molecule has 5 heteroatoms. The molecule has 3 heterocycles. The van der Waals surface area contributed by atoms with Crippen molar-refractivity contribution in [3.05, 3.63) is 58.0 Å². The van der Waals surface area contributed by atoms with Crippen LogP contribution in [0.3, 0.4) is 0 Å². The summed E-state index contributed by atoms with van der Waals surface area (Å²) in [6, 6.07) is 7.67. The topological polar surface area (TPSA) is 56.4 Å². The van der Waals surface area contributed by atoms with Crippen LogP contribution in [0.2, 0.25) is 0 Å². The maximum absolute atomic E-state index is 12.7. The van der Waals surface area contributed by atoms with Crippen LogP contribution < -0.4 is 5.56 Å². The van der Waals surface area contributed by atoms with Crippen molar-refractivity contribution in [1.82, 2.24) is 14.8 Å².